The number of anilines is 1. The summed E-state index contributed by atoms with van der Waals surface area (Å²) >= 11 is 6.00. The molecule has 4 heteroatoms. The Morgan fingerprint density at radius 2 is 1.76 bits per heavy atom. The molecule has 0 fully saturated rings. The van der Waals surface area contributed by atoms with Crippen LogP contribution < -0.4 is 4.90 Å². The Hall–Kier alpha value is -2.13. The lowest BCUT2D eigenvalue weighted by Gasteiger charge is -2.20. The minimum atomic E-state index is 0.470. The van der Waals surface area contributed by atoms with Crippen LogP contribution in [0.4, 0.5) is 5.82 Å². The normalized spacial score (nSPS) is 10.8. The number of nitrogens with zero attached hydrogens (tertiary/aromatic N) is 3. The number of benzene rings is 1. The van der Waals surface area contributed by atoms with Crippen molar-refractivity contribution in [3.05, 3.63) is 66.1 Å². The van der Waals surface area contributed by atoms with Crippen LogP contribution in [0.5, 0.6) is 0 Å². The van der Waals surface area contributed by atoms with Crippen molar-refractivity contribution in [1.29, 1.82) is 0 Å². The number of fused-ring (bicyclic) bond motifs is 1. The number of pyridine rings is 2. The molecule has 3 aromatic rings. The van der Waals surface area contributed by atoms with Crippen molar-refractivity contribution in [3.8, 4) is 0 Å². The largest absolute Gasteiger partial charge is 0.353 e. The van der Waals surface area contributed by atoms with Crippen molar-refractivity contribution in [2.24, 2.45) is 0 Å². The quantitative estimate of drug-likeness (QED) is 0.682. The predicted octanol–water partition coefficient (Wildman–Crippen LogP) is 4.01. The maximum atomic E-state index is 6.00. The molecule has 0 saturated carbocycles. The number of aromatic nitrogens is 2. The zero-order valence-corrected chi connectivity index (χ0v) is 12.6. The highest BCUT2D eigenvalue weighted by Gasteiger charge is 2.11. The van der Waals surface area contributed by atoms with Gasteiger partial charge in [-0.25, -0.2) is 4.98 Å². The Morgan fingerprint density at radius 3 is 2.48 bits per heavy atom. The van der Waals surface area contributed by atoms with Gasteiger partial charge in [-0.2, -0.15) is 0 Å². The van der Waals surface area contributed by atoms with Crippen molar-refractivity contribution in [2.45, 2.75) is 12.4 Å². The summed E-state index contributed by atoms with van der Waals surface area (Å²) in [6.45, 7) is 0.720. The van der Waals surface area contributed by atoms with Gasteiger partial charge in [0, 0.05) is 30.7 Å². The van der Waals surface area contributed by atoms with E-state index in [9.17, 15) is 0 Å². The number of halogens is 1. The smallest absolute Gasteiger partial charge is 0.136 e. The van der Waals surface area contributed by atoms with E-state index >= 15 is 0 Å². The summed E-state index contributed by atoms with van der Waals surface area (Å²) < 4.78 is 0. The van der Waals surface area contributed by atoms with Gasteiger partial charge in [0.15, 0.2) is 0 Å². The van der Waals surface area contributed by atoms with Crippen LogP contribution in [0.3, 0.4) is 0 Å². The summed E-state index contributed by atoms with van der Waals surface area (Å²) in [7, 11) is 2.03. The van der Waals surface area contributed by atoms with Gasteiger partial charge in [0.2, 0.25) is 0 Å². The summed E-state index contributed by atoms with van der Waals surface area (Å²) in [5.74, 6) is 1.42. The summed E-state index contributed by atoms with van der Waals surface area (Å²) in [6, 6.07) is 14.2. The zero-order valence-electron chi connectivity index (χ0n) is 11.8. The van der Waals surface area contributed by atoms with Gasteiger partial charge in [-0.3, -0.25) is 4.98 Å². The first-order chi connectivity index (χ1) is 10.3. The van der Waals surface area contributed by atoms with Crippen molar-refractivity contribution >= 4 is 28.2 Å². The van der Waals surface area contributed by atoms with Gasteiger partial charge < -0.3 is 4.90 Å². The molecule has 0 aliphatic carbocycles. The fourth-order valence-corrected chi connectivity index (χ4v) is 2.67. The molecule has 0 bridgehead atoms. The molecule has 21 heavy (non-hydrogen) atoms. The Bertz CT molecular complexity index is 743. The fraction of sp³-hybridized carbons (Fsp3) is 0.176. The van der Waals surface area contributed by atoms with Crippen LogP contribution in [0.25, 0.3) is 10.8 Å². The molecule has 0 saturated heterocycles. The van der Waals surface area contributed by atoms with Crippen LogP contribution in [0, 0.1) is 0 Å². The Morgan fingerprint density at radius 1 is 1.00 bits per heavy atom. The standard InChI is InChI=1S/C17H16ClN3/c1-21(12-14-6-4-5-9-19-14)17-16-8-3-2-7-15(16)13(10-18)11-20-17/h2-9,11H,10,12H2,1H3. The molecule has 0 N–H and O–H groups in total. The van der Waals surface area contributed by atoms with E-state index in [2.05, 4.69) is 27.0 Å². The highest BCUT2D eigenvalue weighted by molar-refractivity contribution is 6.18. The van der Waals surface area contributed by atoms with Crippen LogP contribution in [0.15, 0.2) is 54.9 Å². The third kappa shape index (κ3) is 2.83. The highest BCUT2D eigenvalue weighted by Crippen LogP contribution is 2.27. The fourth-order valence-electron chi connectivity index (χ4n) is 2.46. The summed E-state index contributed by atoms with van der Waals surface area (Å²) in [6.07, 6.45) is 3.67. The lowest BCUT2D eigenvalue weighted by molar-refractivity contribution is 0.870. The highest BCUT2D eigenvalue weighted by atomic mass is 35.5. The maximum absolute atomic E-state index is 6.00. The molecule has 0 radical (unpaired) electrons. The lowest BCUT2D eigenvalue weighted by Crippen LogP contribution is -2.18. The zero-order chi connectivity index (χ0) is 14.7. The topological polar surface area (TPSA) is 29.0 Å². The van der Waals surface area contributed by atoms with Crippen molar-refractivity contribution in [1.82, 2.24) is 9.97 Å². The monoisotopic (exact) mass is 297 g/mol. The molecule has 2 aromatic heterocycles. The molecule has 1 aromatic carbocycles. The molecule has 3 rings (SSSR count). The molecule has 2 heterocycles. The molecule has 0 amide bonds. The predicted molar refractivity (Wildman–Crippen MR) is 87.6 cm³/mol. The van der Waals surface area contributed by atoms with E-state index in [-0.39, 0.29) is 0 Å². The van der Waals surface area contributed by atoms with Crippen molar-refractivity contribution in [2.75, 3.05) is 11.9 Å². The molecule has 106 valence electrons. The molecule has 0 unspecified atom stereocenters. The van der Waals surface area contributed by atoms with Crippen LogP contribution in [-0.2, 0) is 12.4 Å². The van der Waals surface area contributed by atoms with E-state index < -0.39 is 0 Å². The second-order valence-electron chi connectivity index (χ2n) is 4.96. The van der Waals surface area contributed by atoms with Gasteiger partial charge >= 0.3 is 0 Å². The van der Waals surface area contributed by atoms with Gasteiger partial charge in [0.25, 0.3) is 0 Å². The molecule has 0 spiro atoms. The Kier molecular flexibility index (Phi) is 4.02. The van der Waals surface area contributed by atoms with Crippen LogP contribution in [-0.4, -0.2) is 17.0 Å². The summed E-state index contributed by atoms with van der Waals surface area (Å²) in [5, 5.41) is 2.28. The summed E-state index contributed by atoms with van der Waals surface area (Å²) in [5.41, 5.74) is 2.08. The first-order valence-corrected chi connectivity index (χ1v) is 7.36. The Balaban J connectivity index is 2.00. The molecular weight excluding hydrogens is 282 g/mol. The Labute approximate surface area is 129 Å². The van der Waals surface area contributed by atoms with E-state index in [1.165, 1.54) is 0 Å². The van der Waals surface area contributed by atoms with Gasteiger partial charge in [0.05, 0.1) is 12.2 Å². The molecule has 0 aliphatic heterocycles. The first kappa shape index (κ1) is 13.8. The van der Waals surface area contributed by atoms with Crippen molar-refractivity contribution in [3.63, 3.8) is 0 Å². The van der Waals surface area contributed by atoms with Crippen LogP contribution in [0.1, 0.15) is 11.3 Å². The number of alkyl halides is 1. The van der Waals surface area contributed by atoms with Crippen molar-refractivity contribution < 1.29 is 0 Å². The van der Waals surface area contributed by atoms with E-state index in [1.54, 1.807) is 0 Å². The number of rotatable bonds is 4. The minimum Gasteiger partial charge on any atom is -0.353 e. The maximum Gasteiger partial charge on any atom is 0.136 e. The van der Waals surface area contributed by atoms with E-state index in [4.69, 9.17) is 11.6 Å². The average Bonchev–Trinajstić information content (AvgIpc) is 2.54. The summed E-state index contributed by atoms with van der Waals surface area (Å²) in [4.78, 5) is 11.1. The van der Waals surface area contributed by atoms with E-state index in [0.717, 1.165) is 34.4 Å². The van der Waals surface area contributed by atoms with Gasteiger partial charge in [-0.05, 0) is 23.1 Å². The van der Waals surface area contributed by atoms with Gasteiger partial charge in [-0.1, -0.05) is 30.3 Å². The molecular formula is C17H16ClN3. The second-order valence-corrected chi connectivity index (χ2v) is 5.23. The van der Waals surface area contributed by atoms with E-state index in [1.807, 2.05) is 49.8 Å². The van der Waals surface area contributed by atoms with Gasteiger partial charge in [-0.15, -0.1) is 11.6 Å². The molecule has 3 nitrogen and oxygen atoms in total. The van der Waals surface area contributed by atoms with Gasteiger partial charge in [0.1, 0.15) is 5.82 Å². The third-order valence-corrected chi connectivity index (χ3v) is 3.78. The lowest BCUT2D eigenvalue weighted by atomic mass is 10.1. The van der Waals surface area contributed by atoms with Crippen LogP contribution in [0.2, 0.25) is 0 Å². The average molecular weight is 298 g/mol. The van der Waals surface area contributed by atoms with E-state index in [0.29, 0.717) is 5.88 Å². The minimum absolute atomic E-state index is 0.470. The third-order valence-electron chi connectivity index (χ3n) is 3.49. The second kappa shape index (κ2) is 6.10. The molecule has 0 atom stereocenters. The van der Waals surface area contributed by atoms with Crippen LogP contribution >= 0.6 is 11.6 Å². The SMILES string of the molecule is CN(Cc1ccccn1)c1ncc(CCl)c2ccccc12. The number of hydrogen-bond acceptors (Lipinski definition) is 3. The number of hydrogen-bond donors (Lipinski definition) is 0. The molecule has 0 aliphatic rings. The first-order valence-electron chi connectivity index (χ1n) is 6.83.